The summed E-state index contributed by atoms with van der Waals surface area (Å²) in [6, 6.07) is 3.82. The van der Waals surface area contributed by atoms with E-state index >= 15 is 0 Å². The summed E-state index contributed by atoms with van der Waals surface area (Å²) < 4.78 is 4.90. The van der Waals surface area contributed by atoms with Crippen LogP contribution in [0.15, 0.2) is 12.1 Å². The van der Waals surface area contributed by atoms with Gasteiger partial charge in [-0.05, 0) is 22.5 Å². The normalized spacial score (nSPS) is 15.7. The zero-order valence-electron chi connectivity index (χ0n) is 18.3. The molecule has 0 bridgehead atoms. The number of ether oxygens (including phenoxy) is 1. The molecule has 156 valence electrons. The molecule has 1 heterocycles. The average molecular weight is 391 g/mol. The highest BCUT2D eigenvalue weighted by Gasteiger charge is 2.31. The second-order valence-corrected chi connectivity index (χ2v) is 9.53. The van der Waals surface area contributed by atoms with Crippen molar-refractivity contribution in [2.24, 2.45) is 0 Å². The number of rotatable bonds is 3. The van der Waals surface area contributed by atoms with Crippen molar-refractivity contribution in [2.45, 2.75) is 52.4 Å². The van der Waals surface area contributed by atoms with Crippen LogP contribution in [0.2, 0.25) is 0 Å². The monoisotopic (exact) mass is 390 g/mol. The largest absolute Gasteiger partial charge is 0.507 e. The van der Waals surface area contributed by atoms with Gasteiger partial charge in [0, 0.05) is 38.9 Å². The maximum absolute atomic E-state index is 13.2. The topological polar surface area (TPSA) is 70.1 Å². The summed E-state index contributed by atoms with van der Waals surface area (Å²) >= 11 is 0. The molecule has 2 rings (SSSR count). The third-order valence-corrected chi connectivity index (χ3v) is 5.20. The molecule has 28 heavy (non-hydrogen) atoms. The number of phenols is 1. The molecule has 0 radical (unpaired) electrons. The third kappa shape index (κ3) is 4.85. The molecule has 1 N–H and O–H groups in total. The molecule has 0 aromatic heterocycles. The van der Waals surface area contributed by atoms with Crippen LogP contribution in [0.3, 0.4) is 0 Å². The van der Waals surface area contributed by atoms with Gasteiger partial charge in [0.1, 0.15) is 12.4 Å². The predicted octanol–water partition coefficient (Wildman–Crippen LogP) is 2.92. The minimum absolute atomic E-state index is 0.0529. The number of methoxy groups -OCH3 is 1. The summed E-state index contributed by atoms with van der Waals surface area (Å²) in [6.07, 6.45) is 0. The molecule has 6 heteroatoms. The molecule has 1 aliphatic heterocycles. The van der Waals surface area contributed by atoms with Crippen molar-refractivity contribution in [2.75, 3.05) is 39.9 Å². The van der Waals surface area contributed by atoms with E-state index in [1.165, 1.54) is 7.11 Å². The summed E-state index contributed by atoms with van der Waals surface area (Å²) in [5.41, 5.74) is 1.71. The Kier molecular flexibility index (Phi) is 6.44. The number of piperazine rings is 1. The minimum Gasteiger partial charge on any atom is -0.507 e. The van der Waals surface area contributed by atoms with Gasteiger partial charge in [0.2, 0.25) is 5.91 Å². The second-order valence-electron chi connectivity index (χ2n) is 9.53. The van der Waals surface area contributed by atoms with Crippen molar-refractivity contribution >= 4 is 11.8 Å². The Morgan fingerprint density at radius 2 is 1.50 bits per heavy atom. The summed E-state index contributed by atoms with van der Waals surface area (Å²) in [5, 5.41) is 10.9. The highest BCUT2D eigenvalue weighted by atomic mass is 16.5. The lowest BCUT2D eigenvalue weighted by Crippen LogP contribution is -2.51. The van der Waals surface area contributed by atoms with Gasteiger partial charge in [-0.15, -0.1) is 0 Å². The van der Waals surface area contributed by atoms with Gasteiger partial charge >= 0.3 is 0 Å². The summed E-state index contributed by atoms with van der Waals surface area (Å²) in [7, 11) is 1.50. The van der Waals surface area contributed by atoms with Crippen LogP contribution in [-0.2, 0) is 20.4 Å². The van der Waals surface area contributed by atoms with E-state index in [4.69, 9.17) is 4.74 Å². The number of hydrogen-bond donors (Lipinski definition) is 1. The molecular formula is C22H34N2O4. The number of phenolic OH excluding ortho intramolecular Hbond substituents is 1. The molecule has 0 aliphatic carbocycles. The Balaban J connectivity index is 2.32. The third-order valence-electron chi connectivity index (χ3n) is 5.20. The van der Waals surface area contributed by atoms with Crippen molar-refractivity contribution in [1.82, 2.24) is 9.80 Å². The first-order valence-corrected chi connectivity index (χ1v) is 9.80. The predicted molar refractivity (Wildman–Crippen MR) is 110 cm³/mol. The molecule has 1 aliphatic rings. The molecule has 1 fully saturated rings. The first-order chi connectivity index (χ1) is 12.9. The fourth-order valence-corrected chi connectivity index (χ4v) is 3.35. The molecule has 6 nitrogen and oxygen atoms in total. The number of carbonyl (C=O) groups is 2. The molecular weight excluding hydrogens is 356 g/mol. The zero-order chi connectivity index (χ0) is 21.3. The van der Waals surface area contributed by atoms with Gasteiger partial charge in [0.25, 0.3) is 5.91 Å². The lowest BCUT2D eigenvalue weighted by atomic mass is 9.78. The van der Waals surface area contributed by atoms with Crippen molar-refractivity contribution in [3.8, 4) is 5.75 Å². The van der Waals surface area contributed by atoms with E-state index in [0.29, 0.717) is 31.7 Å². The van der Waals surface area contributed by atoms with E-state index in [9.17, 15) is 14.7 Å². The highest BCUT2D eigenvalue weighted by molar-refractivity contribution is 5.98. The lowest BCUT2D eigenvalue weighted by Gasteiger charge is -2.35. The van der Waals surface area contributed by atoms with Crippen LogP contribution >= 0.6 is 0 Å². The van der Waals surface area contributed by atoms with Gasteiger partial charge in [-0.25, -0.2) is 0 Å². The SMILES string of the molecule is COCC(=O)N1CCN(C(=O)c2cc(C(C)(C)C)cc(C(C)(C)C)c2O)CC1. The van der Waals surface area contributed by atoms with Crippen molar-refractivity contribution in [3.05, 3.63) is 28.8 Å². The number of aromatic hydroxyl groups is 1. The molecule has 0 saturated carbocycles. The summed E-state index contributed by atoms with van der Waals surface area (Å²) in [5.74, 6) is -0.196. The van der Waals surface area contributed by atoms with Crippen LogP contribution in [0, 0.1) is 0 Å². The van der Waals surface area contributed by atoms with Gasteiger partial charge < -0.3 is 19.6 Å². The highest BCUT2D eigenvalue weighted by Crippen LogP contribution is 2.38. The van der Waals surface area contributed by atoms with Gasteiger partial charge in [0.05, 0.1) is 5.56 Å². The van der Waals surface area contributed by atoms with E-state index in [2.05, 4.69) is 20.8 Å². The number of nitrogens with zero attached hydrogens (tertiary/aromatic N) is 2. The molecule has 2 amide bonds. The van der Waals surface area contributed by atoms with Gasteiger partial charge in [-0.2, -0.15) is 0 Å². The lowest BCUT2D eigenvalue weighted by molar-refractivity contribution is -0.136. The van der Waals surface area contributed by atoms with E-state index in [1.807, 2.05) is 32.9 Å². The zero-order valence-corrected chi connectivity index (χ0v) is 18.3. The van der Waals surface area contributed by atoms with E-state index in [-0.39, 0.29) is 35.0 Å². The van der Waals surface area contributed by atoms with E-state index < -0.39 is 0 Å². The van der Waals surface area contributed by atoms with Gasteiger partial charge in [-0.1, -0.05) is 47.6 Å². The van der Waals surface area contributed by atoms with Crippen LogP contribution in [0.1, 0.15) is 63.0 Å². The Morgan fingerprint density at radius 1 is 0.964 bits per heavy atom. The van der Waals surface area contributed by atoms with Crippen LogP contribution in [0.4, 0.5) is 0 Å². The van der Waals surface area contributed by atoms with Gasteiger partial charge in [0.15, 0.2) is 0 Å². The summed E-state index contributed by atoms with van der Waals surface area (Å²) in [4.78, 5) is 28.6. The number of benzene rings is 1. The minimum atomic E-state index is -0.286. The maximum Gasteiger partial charge on any atom is 0.257 e. The number of hydrogen-bond acceptors (Lipinski definition) is 4. The quantitative estimate of drug-likeness (QED) is 0.862. The van der Waals surface area contributed by atoms with Crippen LogP contribution in [-0.4, -0.2) is 66.6 Å². The molecule has 1 aromatic rings. The van der Waals surface area contributed by atoms with Crippen molar-refractivity contribution in [1.29, 1.82) is 0 Å². The van der Waals surface area contributed by atoms with Crippen molar-refractivity contribution < 1.29 is 19.4 Å². The van der Waals surface area contributed by atoms with E-state index in [1.54, 1.807) is 9.80 Å². The Morgan fingerprint density at radius 3 is 1.96 bits per heavy atom. The Bertz CT molecular complexity index is 736. The first kappa shape index (κ1) is 22.2. The Labute approximate surface area is 168 Å². The van der Waals surface area contributed by atoms with Crippen LogP contribution in [0.5, 0.6) is 5.75 Å². The second kappa shape index (κ2) is 8.11. The first-order valence-electron chi connectivity index (χ1n) is 9.80. The molecule has 1 saturated heterocycles. The number of carbonyl (C=O) groups excluding carboxylic acids is 2. The number of amides is 2. The summed E-state index contributed by atoms with van der Waals surface area (Å²) in [6.45, 7) is 14.3. The van der Waals surface area contributed by atoms with Crippen LogP contribution < -0.4 is 0 Å². The van der Waals surface area contributed by atoms with Crippen molar-refractivity contribution in [3.63, 3.8) is 0 Å². The molecule has 0 spiro atoms. The van der Waals surface area contributed by atoms with Gasteiger partial charge in [-0.3, -0.25) is 9.59 Å². The fourth-order valence-electron chi connectivity index (χ4n) is 3.35. The Hall–Kier alpha value is -2.08. The van der Waals surface area contributed by atoms with Crippen LogP contribution in [0.25, 0.3) is 0 Å². The average Bonchev–Trinajstić information content (AvgIpc) is 2.59. The molecule has 1 aromatic carbocycles. The smallest absolute Gasteiger partial charge is 0.257 e. The van der Waals surface area contributed by atoms with E-state index in [0.717, 1.165) is 11.1 Å². The maximum atomic E-state index is 13.2. The molecule has 0 unspecified atom stereocenters. The molecule has 0 atom stereocenters. The fraction of sp³-hybridized carbons (Fsp3) is 0.636. The standard InChI is InChI=1S/C22H34N2O4/c1-21(2,3)15-12-16(19(26)17(13-15)22(4,5)6)20(27)24-10-8-23(9-11-24)18(25)14-28-7/h12-13,26H,8-11,14H2,1-7H3.